The zero-order valence-corrected chi connectivity index (χ0v) is 10.2. The number of aromatic nitrogens is 2. The Balaban J connectivity index is 1.83. The van der Waals surface area contributed by atoms with Gasteiger partial charge in [0.15, 0.2) is 0 Å². The van der Waals surface area contributed by atoms with Gasteiger partial charge in [0.05, 0.1) is 0 Å². The molecule has 1 fully saturated rings. The van der Waals surface area contributed by atoms with E-state index in [1.54, 1.807) is 10.9 Å². The van der Waals surface area contributed by atoms with E-state index in [9.17, 15) is 4.79 Å². The van der Waals surface area contributed by atoms with E-state index >= 15 is 0 Å². The van der Waals surface area contributed by atoms with Crippen LogP contribution in [0.4, 0.5) is 0 Å². The molecule has 0 aliphatic carbocycles. The Kier molecular flexibility index (Phi) is 3.78. The summed E-state index contributed by atoms with van der Waals surface area (Å²) in [5, 5.41) is 4.09. The molecular formula is C12H20N4O. The Bertz CT molecular complexity index is 363. The number of likely N-dealkylation sites (tertiary alicyclic amines) is 1. The average molecular weight is 236 g/mol. The molecule has 5 heteroatoms. The topological polar surface area (TPSA) is 64.2 Å². The van der Waals surface area contributed by atoms with Crippen molar-refractivity contribution in [2.24, 2.45) is 5.73 Å². The fourth-order valence-corrected chi connectivity index (χ4v) is 2.37. The lowest BCUT2D eigenvalue weighted by molar-refractivity contribution is -0.134. The third kappa shape index (κ3) is 3.06. The van der Waals surface area contributed by atoms with E-state index in [4.69, 9.17) is 5.73 Å². The van der Waals surface area contributed by atoms with Crippen molar-refractivity contribution in [3.05, 3.63) is 18.5 Å². The standard InChI is InChI=1S/C12H20N4O/c1-10-9-11(13)3-8-16(10)12(17)4-7-15-6-2-5-14-15/h2,5-6,10-11H,3-4,7-9,13H2,1H3. The Morgan fingerprint density at radius 2 is 2.41 bits per heavy atom. The van der Waals surface area contributed by atoms with Gasteiger partial charge in [-0.1, -0.05) is 0 Å². The summed E-state index contributed by atoms with van der Waals surface area (Å²) >= 11 is 0. The van der Waals surface area contributed by atoms with E-state index in [-0.39, 0.29) is 18.0 Å². The van der Waals surface area contributed by atoms with Gasteiger partial charge in [0.1, 0.15) is 0 Å². The Hall–Kier alpha value is -1.36. The zero-order chi connectivity index (χ0) is 12.3. The number of hydrogen-bond donors (Lipinski definition) is 1. The minimum atomic E-state index is 0.208. The van der Waals surface area contributed by atoms with Crippen molar-refractivity contribution >= 4 is 5.91 Å². The van der Waals surface area contributed by atoms with Crippen LogP contribution in [0.15, 0.2) is 18.5 Å². The average Bonchev–Trinajstić information content (AvgIpc) is 2.78. The smallest absolute Gasteiger partial charge is 0.224 e. The molecular weight excluding hydrogens is 216 g/mol. The second kappa shape index (κ2) is 5.31. The predicted molar refractivity (Wildman–Crippen MR) is 65.2 cm³/mol. The van der Waals surface area contributed by atoms with Gasteiger partial charge >= 0.3 is 0 Å². The Morgan fingerprint density at radius 1 is 1.59 bits per heavy atom. The van der Waals surface area contributed by atoms with Gasteiger partial charge < -0.3 is 10.6 Å². The van der Waals surface area contributed by atoms with E-state index in [0.717, 1.165) is 19.4 Å². The molecule has 0 saturated carbocycles. The zero-order valence-electron chi connectivity index (χ0n) is 10.2. The highest BCUT2D eigenvalue weighted by Gasteiger charge is 2.26. The summed E-state index contributed by atoms with van der Waals surface area (Å²) in [6.45, 7) is 3.52. The van der Waals surface area contributed by atoms with Crippen LogP contribution in [0.2, 0.25) is 0 Å². The quantitative estimate of drug-likeness (QED) is 0.836. The molecule has 1 aromatic rings. The van der Waals surface area contributed by atoms with Crippen molar-refractivity contribution < 1.29 is 4.79 Å². The van der Waals surface area contributed by atoms with Crippen LogP contribution >= 0.6 is 0 Å². The van der Waals surface area contributed by atoms with Crippen LogP contribution in [0.3, 0.4) is 0 Å². The summed E-state index contributed by atoms with van der Waals surface area (Å²) < 4.78 is 1.79. The van der Waals surface area contributed by atoms with Gasteiger partial charge in [-0.15, -0.1) is 0 Å². The summed E-state index contributed by atoms with van der Waals surface area (Å²) in [6, 6.07) is 2.39. The Labute approximate surface area is 102 Å². The molecule has 17 heavy (non-hydrogen) atoms. The van der Waals surface area contributed by atoms with Gasteiger partial charge in [-0.2, -0.15) is 5.10 Å². The van der Waals surface area contributed by atoms with Crippen molar-refractivity contribution in [2.45, 2.75) is 44.8 Å². The number of carbonyl (C=O) groups excluding carboxylic acids is 1. The fourth-order valence-electron chi connectivity index (χ4n) is 2.37. The molecule has 2 atom stereocenters. The maximum Gasteiger partial charge on any atom is 0.224 e. The lowest BCUT2D eigenvalue weighted by Gasteiger charge is -2.36. The van der Waals surface area contributed by atoms with Crippen molar-refractivity contribution in [3.63, 3.8) is 0 Å². The summed E-state index contributed by atoms with van der Waals surface area (Å²) in [5.74, 6) is 0.208. The third-order valence-corrected chi connectivity index (χ3v) is 3.35. The Morgan fingerprint density at radius 3 is 3.06 bits per heavy atom. The second-order valence-electron chi connectivity index (χ2n) is 4.74. The first-order chi connectivity index (χ1) is 8.16. The fraction of sp³-hybridized carbons (Fsp3) is 0.667. The maximum absolute atomic E-state index is 12.1. The molecule has 0 aromatic carbocycles. The first-order valence-corrected chi connectivity index (χ1v) is 6.19. The summed E-state index contributed by atoms with van der Waals surface area (Å²) in [5.41, 5.74) is 5.89. The van der Waals surface area contributed by atoms with Crippen LogP contribution in [0.5, 0.6) is 0 Å². The van der Waals surface area contributed by atoms with E-state index in [1.165, 1.54) is 0 Å². The van der Waals surface area contributed by atoms with Crippen LogP contribution < -0.4 is 5.73 Å². The van der Waals surface area contributed by atoms with Crippen molar-refractivity contribution in [1.29, 1.82) is 0 Å². The van der Waals surface area contributed by atoms with Gasteiger partial charge in [0.2, 0.25) is 5.91 Å². The number of rotatable bonds is 3. The molecule has 2 unspecified atom stereocenters. The lowest BCUT2D eigenvalue weighted by atomic mass is 9.99. The van der Waals surface area contributed by atoms with Crippen LogP contribution in [0, 0.1) is 0 Å². The molecule has 1 saturated heterocycles. The number of piperidine rings is 1. The molecule has 1 aliphatic heterocycles. The lowest BCUT2D eigenvalue weighted by Crippen LogP contribution is -2.48. The third-order valence-electron chi connectivity index (χ3n) is 3.35. The van der Waals surface area contributed by atoms with Crippen molar-refractivity contribution in [3.8, 4) is 0 Å². The predicted octanol–water partition coefficient (Wildman–Crippen LogP) is 0.611. The van der Waals surface area contributed by atoms with Crippen LogP contribution in [0.25, 0.3) is 0 Å². The largest absolute Gasteiger partial charge is 0.340 e. The van der Waals surface area contributed by atoms with E-state index in [1.807, 2.05) is 17.2 Å². The van der Waals surface area contributed by atoms with Gasteiger partial charge in [0.25, 0.3) is 0 Å². The van der Waals surface area contributed by atoms with E-state index < -0.39 is 0 Å². The number of hydrogen-bond acceptors (Lipinski definition) is 3. The van der Waals surface area contributed by atoms with Crippen LogP contribution in [-0.2, 0) is 11.3 Å². The second-order valence-corrected chi connectivity index (χ2v) is 4.74. The normalized spacial score (nSPS) is 24.9. The van der Waals surface area contributed by atoms with E-state index in [2.05, 4.69) is 12.0 Å². The minimum absolute atomic E-state index is 0.208. The molecule has 94 valence electrons. The number of nitrogens with two attached hydrogens (primary N) is 1. The minimum Gasteiger partial charge on any atom is -0.340 e. The van der Waals surface area contributed by atoms with E-state index in [0.29, 0.717) is 13.0 Å². The van der Waals surface area contributed by atoms with Gasteiger partial charge in [-0.3, -0.25) is 9.48 Å². The maximum atomic E-state index is 12.1. The number of nitrogens with zero attached hydrogens (tertiary/aromatic N) is 3. The van der Waals surface area contributed by atoms with Gasteiger partial charge in [-0.25, -0.2) is 0 Å². The van der Waals surface area contributed by atoms with Crippen molar-refractivity contribution in [2.75, 3.05) is 6.54 Å². The summed E-state index contributed by atoms with van der Waals surface area (Å²) in [6.07, 6.45) is 5.95. The molecule has 0 spiro atoms. The molecule has 0 radical (unpaired) electrons. The molecule has 0 bridgehead atoms. The molecule has 2 rings (SSSR count). The first kappa shape index (κ1) is 12.1. The molecule has 2 heterocycles. The molecule has 1 amide bonds. The van der Waals surface area contributed by atoms with Crippen molar-refractivity contribution in [1.82, 2.24) is 14.7 Å². The van der Waals surface area contributed by atoms with Crippen LogP contribution in [-0.4, -0.2) is 39.2 Å². The number of amides is 1. The highest BCUT2D eigenvalue weighted by atomic mass is 16.2. The first-order valence-electron chi connectivity index (χ1n) is 6.19. The van der Waals surface area contributed by atoms with Gasteiger partial charge in [0, 0.05) is 44.0 Å². The number of aryl methyl sites for hydroxylation is 1. The number of carbonyl (C=O) groups is 1. The summed E-state index contributed by atoms with van der Waals surface area (Å²) in [4.78, 5) is 14.0. The van der Waals surface area contributed by atoms with Crippen LogP contribution in [0.1, 0.15) is 26.2 Å². The molecule has 2 N–H and O–H groups in total. The molecule has 5 nitrogen and oxygen atoms in total. The summed E-state index contributed by atoms with van der Waals surface area (Å²) in [7, 11) is 0. The monoisotopic (exact) mass is 236 g/mol. The highest BCUT2D eigenvalue weighted by molar-refractivity contribution is 5.76. The highest BCUT2D eigenvalue weighted by Crippen LogP contribution is 2.16. The molecule has 1 aromatic heterocycles. The molecule has 1 aliphatic rings. The SMILES string of the molecule is CC1CC(N)CCN1C(=O)CCn1cccn1. The van der Waals surface area contributed by atoms with Gasteiger partial charge in [-0.05, 0) is 25.8 Å².